The van der Waals surface area contributed by atoms with E-state index in [1.165, 1.54) is 24.3 Å². The van der Waals surface area contributed by atoms with Crippen molar-refractivity contribution in [2.24, 2.45) is 0 Å². The number of nitrogens with one attached hydrogen (secondary N) is 1. The Bertz CT molecular complexity index is 1740. The first-order chi connectivity index (χ1) is 21.2. The van der Waals surface area contributed by atoms with E-state index in [0.717, 1.165) is 0 Å². The van der Waals surface area contributed by atoms with Crippen LogP contribution < -0.4 is 10.2 Å². The SMILES string of the molecule is CCOC(=O)C1=C(Nc2ccc(Cl)cc2)CC(c2cccc([N+](=O)[O-])c2)N(c2ccc(Cl)cc2)C1c1cccc([N+](=O)[O-])c1. The first kappa shape index (κ1) is 30.5. The van der Waals surface area contributed by atoms with E-state index in [1.807, 2.05) is 4.90 Å². The molecule has 12 heteroatoms. The first-order valence-electron chi connectivity index (χ1n) is 13.6. The highest BCUT2D eigenvalue weighted by Crippen LogP contribution is 2.49. The van der Waals surface area contributed by atoms with Gasteiger partial charge in [-0.05, 0) is 66.6 Å². The number of esters is 1. The number of ether oxygens (including phenoxy) is 1. The van der Waals surface area contributed by atoms with E-state index in [0.29, 0.717) is 38.2 Å². The van der Waals surface area contributed by atoms with Crippen LogP contribution in [0.3, 0.4) is 0 Å². The van der Waals surface area contributed by atoms with Crippen molar-refractivity contribution in [3.63, 3.8) is 0 Å². The molecule has 1 aliphatic rings. The van der Waals surface area contributed by atoms with Crippen LogP contribution in [-0.2, 0) is 9.53 Å². The molecule has 1 aliphatic heterocycles. The van der Waals surface area contributed by atoms with Gasteiger partial charge in [-0.25, -0.2) is 4.79 Å². The topological polar surface area (TPSA) is 128 Å². The fourth-order valence-corrected chi connectivity index (χ4v) is 5.61. The van der Waals surface area contributed by atoms with Crippen LogP contribution in [0.5, 0.6) is 0 Å². The molecule has 0 saturated carbocycles. The Morgan fingerprint density at radius 3 is 1.98 bits per heavy atom. The summed E-state index contributed by atoms with van der Waals surface area (Å²) in [6.45, 7) is 1.78. The van der Waals surface area contributed by atoms with Gasteiger partial charge >= 0.3 is 5.97 Å². The van der Waals surface area contributed by atoms with E-state index in [9.17, 15) is 25.0 Å². The van der Waals surface area contributed by atoms with E-state index in [-0.39, 0.29) is 30.0 Å². The van der Waals surface area contributed by atoms with Crippen molar-refractivity contribution in [2.45, 2.75) is 25.4 Å². The molecular formula is C32H26Cl2N4O6. The second-order valence-electron chi connectivity index (χ2n) is 9.95. The summed E-state index contributed by atoms with van der Waals surface area (Å²) in [7, 11) is 0. The predicted molar refractivity (Wildman–Crippen MR) is 169 cm³/mol. The average molecular weight is 633 g/mol. The summed E-state index contributed by atoms with van der Waals surface area (Å²) in [6, 6.07) is 24.7. The number of nitrogens with zero attached hydrogens (tertiary/aromatic N) is 3. The first-order valence-corrected chi connectivity index (χ1v) is 14.4. The van der Waals surface area contributed by atoms with Gasteiger partial charge in [-0.3, -0.25) is 20.2 Å². The van der Waals surface area contributed by atoms with Crippen LogP contribution in [0.4, 0.5) is 22.7 Å². The minimum Gasteiger partial charge on any atom is -0.463 e. The second-order valence-corrected chi connectivity index (χ2v) is 10.8. The number of hydrogen-bond acceptors (Lipinski definition) is 8. The molecule has 4 aromatic carbocycles. The number of rotatable bonds is 9. The quantitative estimate of drug-likeness (QED) is 0.111. The molecule has 4 aromatic rings. The Hall–Kier alpha value is -4.93. The maximum Gasteiger partial charge on any atom is 0.338 e. The maximum absolute atomic E-state index is 13.9. The van der Waals surface area contributed by atoms with Crippen LogP contribution >= 0.6 is 23.2 Å². The zero-order valence-corrected chi connectivity index (χ0v) is 24.9. The van der Waals surface area contributed by atoms with Gasteiger partial charge in [0.15, 0.2) is 0 Å². The molecule has 10 nitrogen and oxygen atoms in total. The summed E-state index contributed by atoms with van der Waals surface area (Å²) in [6.07, 6.45) is 0.200. The van der Waals surface area contributed by atoms with Gasteiger partial charge in [0.05, 0.1) is 34.1 Å². The van der Waals surface area contributed by atoms with Crippen LogP contribution in [0.25, 0.3) is 0 Å². The van der Waals surface area contributed by atoms with Crippen LogP contribution in [0, 0.1) is 20.2 Å². The molecule has 0 amide bonds. The van der Waals surface area contributed by atoms with Crippen molar-refractivity contribution in [1.82, 2.24) is 0 Å². The normalized spacial score (nSPS) is 16.4. The van der Waals surface area contributed by atoms with Crippen molar-refractivity contribution in [3.05, 3.63) is 150 Å². The predicted octanol–water partition coefficient (Wildman–Crippen LogP) is 8.43. The van der Waals surface area contributed by atoms with Crippen LogP contribution in [0.1, 0.15) is 36.6 Å². The number of halogens is 2. The van der Waals surface area contributed by atoms with Crippen LogP contribution in [-0.4, -0.2) is 22.4 Å². The molecule has 0 bridgehead atoms. The Morgan fingerprint density at radius 2 is 1.41 bits per heavy atom. The molecule has 2 unspecified atom stereocenters. The number of nitro benzene ring substituents is 2. The zero-order chi connectivity index (χ0) is 31.4. The fourth-order valence-electron chi connectivity index (χ4n) is 5.36. The Kier molecular flexibility index (Phi) is 9.12. The largest absolute Gasteiger partial charge is 0.463 e. The van der Waals surface area contributed by atoms with Crippen LogP contribution in [0.2, 0.25) is 10.0 Å². The molecule has 0 radical (unpaired) electrons. The summed E-state index contributed by atoms with van der Waals surface area (Å²) in [4.78, 5) is 38.4. The van der Waals surface area contributed by atoms with Gasteiger partial charge in [0.2, 0.25) is 0 Å². The van der Waals surface area contributed by atoms with Crippen molar-refractivity contribution < 1.29 is 19.4 Å². The van der Waals surface area contributed by atoms with Gasteiger partial charge in [-0.15, -0.1) is 0 Å². The number of anilines is 2. The molecule has 1 N–H and O–H groups in total. The molecule has 0 saturated heterocycles. The van der Waals surface area contributed by atoms with Gasteiger partial charge in [-0.2, -0.15) is 0 Å². The van der Waals surface area contributed by atoms with Gasteiger partial charge < -0.3 is 15.0 Å². The summed E-state index contributed by atoms with van der Waals surface area (Å²) in [5.41, 5.74) is 2.79. The lowest BCUT2D eigenvalue weighted by Gasteiger charge is -2.45. The third-order valence-corrected chi connectivity index (χ3v) is 7.74. The zero-order valence-electron chi connectivity index (χ0n) is 23.4. The van der Waals surface area contributed by atoms with Gasteiger partial charge in [0, 0.05) is 57.8 Å². The van der Waals surface area contributed by atoms with Gasteiger partial charge in [0.25, 0.3) is 11.4 Å². The monoisotopic (exact) mass is 632 g/mol. The van der Waals surface area contributed by atoms with E-state index < -0.39 is 27.9 Å². The van der Waals surface area contributed by atoms with E-state index >= 15 is 0 Å². The van der Waals surface area contributed by atoms with Crippen molar-refractivity contribution in [3.8, 4) is 0 Å². The molecule has 1 heterocycles. The molecule has 0 aliphatic carbocycles. The number of non-ortho nitro benzene ring substituents is 2. The summed E-state index contributed by atoms with van der Waals surface area (Å²) in [5.74, 6) is -0.614. The number of carbonyl (C=O) groups excluding carboxylic acids is 1. The lowest BCUT2D eigenvalue weighted by molar-refractivity contribution is -0.385. The number of carbonyl (C=O) groups is 1. The number of hydrogen-bond donors (Lipinski definition) is 1. The lowest BCUT2D eigenvalue weighted by atomic mass is 9.84. The summed E-state index contributed by atoms with van der Waals surface area (Å²) < 4.78 is 5.56. The lowest BCUT2D eigenvalue weighted by Crippen LogP contribution is -2.41. The number of benzene rings is 4. The van der Waals surface area contributed by atoms with E-state index in [1.54, 1.807) is 79.7 Å². The smallest absolute Gasteiger partial charge is 0.338 e. The Balaban J connectivity index is 1.82. The minimum atomic E-state index is -0.914. The van der Waals surface area contributed by atoms with Crippen molar-refractivity contribution in [2.75, 3.05) is 16.8 Å². The molecule has 44 heavy (non-hydrogen) atoms. The fraction of sp³-hybridized carbons (Fsp3) is 0.156. The second kappa shape index (κ2) is 13.2. The highest BCUT2D eigenvalue weighted by atomic mass is 35.5. The third-order valence-electron chi connectivity index (χ3n) is 7.23. The third kappa shape index (κ3) is 6.51. The molecule has 0 spiro atoms. The Labute approximate surface area is 262 Å². The highest BCUT2D eigenvalue weighted by Gasteiger charge is 2.42. The van der Waals surface area contributed by atoms with Crippen molar-refractivity contribution >= 4 is 51.9 Å². The maximum atomic E-state index is 13.9. The molecular weight excluding hydrogens is 607 g/mol. The molecule has 5 rings (SSSR count). The molecule has 0 aromatic heterocycles. The Morgan fingerprint density at radius 1 is 0.864 bits per heavy atom. The number of nitro groups is 2. The molecule has 224 valence electrons. The molecule has 0 fully saturated rings. The van der Waals surface area contributed by atoms with Gasteiger partial charge in [0.1, 0.15) is 0 Å². The molecule has 2 atom stereocenters. The van der Waals surface area contributed by atoms with E-state index in [2.05, 4.69) is 5.32 Å². The average Bonchev–Trinajstić information content (AvgIpc) is 3.02. The van der Waals surface area contributed by atoms with Crippen molar-refractivity contribution in [1.29, 1.82) is 0 Å². The summed E-state index contributed by atoms with van der Waals surface area (Å²) in [5, 5.41) is 28.0. The van der Waals surface area contributed by atoms with E-state index in [4.69, 9.17) is 27.9 Å². The standard InChI is InChI=1S/C32H26Cl2N4O6/c1-2-44-32(39)30-28(35-24-13-9-22(33)10-14-24)19-29(20-5-3-7-26(17-20)37(40)41)36(25-15-11-23(34)12-16-25)31(30)21-6-4-8-27(18-21)38(42)43/h3-18,29,31,35H,2,19H2,1H3. The summed E-state index contributed by atoms with van der Waals surface area (Å²) >= 11 is 12.4. The van der Waals surface area contributed by atoms with Crippen LogP contribution in [0.15, 0.2) is 108 Å². The van der Waals surface area contributed by atoms with Gasteiger partial charge in [-0.1, -0.05) is 47.5 Å². The minimum absolute atomic E-state index is 0.0907. The highest BCUT2D eigenvalue weighted by molar-refractivity contribution is 6.30.